The highest BCUT2D eigenvalue weighted by Gasteiger charge is 2.11. The molecule has 6 aromatic rings. The zero-order valence-electron chi connectivity index (χ0n) is 19.5. The fourth-order valence-electron chi connectivity index (χ4n) is 4.63. The van der Waals surface area contributed by atoms with Gasteiger partial charge in [0.1, 0.15) is 0 Å². The van der Waals surface area contributed by atoms with Crippen LogP contribution in [0, 0.1) is 6.92 Å². The number of aromatic nitrogens is 2. The highest BCUT2D eigenvalue weighted by Crippen LogP contribution is 2.32. The molecule has 0 radical (unpaired) electrons. The lowest BCUT2D eigenvalue weighted by Gasteiger charge is -2.12. The van der Waals surface area contributed by atoms with Gasteiger partial charge in [-0.1, -0.05) is 121 Å². The summed E-state index contributed by atoms with van der Waals surface area (Å²) in [7, 11) is 0. The molecule has 0 saturated carbocycles. The van der Waals surface area contributed by atoms with Gasteiger partial charge in [-0.3, -0.25) is 0 Å². The van der Waals surface area contributed by atoms with Crippen LogP contribution in [0.2, 0.25) is 0 Å². The molecular formula is C33H24N2. The second-order valence-corrected chi connectivity index (χ2v) is 8.73. The summed E-state index contributed by atoms with van der Waals surface area (Å²) in [5.74, 6) is 0.733. The third-order valence-electron chi connectivity index (χ3n) is 6.52. The quantitative estimate of drug-likeness (QED) is 0.270. The molecule has 0 unspecified atom stereocenters. The zero-order valence-corrected chi connectivity index (χ0v) is 19.5. The molecule has 0 aliphatic carbocycles. The van der Waals surface area contributed by atoms with Crippen LogP contribution in [0.25, 0.3) is 55.8 Å². The molecule has 0 aliphatic rings. The summed E-state index contributed by atoms with van der Waals surface area (Å²) in [5.41, 5.74) is 8.76. The first kappa shape index (κ1) is 21.0. The Morgan fingerprint density at radius 1 is 0.457 bits per heavy atom. The molecule has 35 heavy (non-hydrogen) atoms. The molecule has 0 spiro atoms. The monoisotopic (exact) mass is 448 g/mol. The Morgan fingerprint density at radius 2 is 1.00 bits per heavy atom. The maximum atomic E-state index is 4.95. The van der Waals surface area contributed by atoms with Gasteiger partial charge in [0.25, 0.3) is 0 Å². The summed E-state index contributed by atoms with van der Waals surface area (Å²) in [6.07, 6.45) is 0. The largest absolute Gasteiger partial charge is 0.228 e. The van der Waals surface area contributed by atoms with Gasteiger partial charge in [-0.05, 0) is 40.5 Å². The highest BCUT2D eigenvalue weighted by molar-refractivity contribution is 5.91. The van der Waals surface area contributed by atoms with Crippen LogP contribution < -0.4 is 0 Å². The van der Waals surface area contributed by atoms with Crippen molar-refractivity contribution in [3.05, 3.63) is 133 Å². The summed E-state index contributed by atoms with van der Waals surface area (Å²) < 4.78 is 0. The van der Waals surface area contributed by atoms with Gasteiger partial charge in [-0.15, -0.1) is 0 Å². The molecule has 0 fully saturated rings. The van der Waals surface area contributed by atoms with Gasteiger partial charge in [0.2, 0.25) is 0 Å². The van der Waals surface area contributed by atoms with Crippen molar-refractivity contribution >= 4 is 10.8 Å². The molecule has 2 heteroatoms. The maximum Gasteiger partial charge on any atom is 0.160 e. The molecule has 0 amide bonds. The Labute approximate surface area is 205 Å². The number of benzene rings is 5. The standard InChI is InChI=1S/C33H24N2/c1-23-29-15-9-8-10-24(29)20-21-30(23)25-16-18-27(19-17-25)32-22-31(26-11-4-2-5-12-26)34-33(35-32)28-13-6-3-7-14-28/h2-22H,1H3. The van der Waals surface area contributed by atoms with E-state index in [0.29, 0.717) is 0 Å². The molecule has 166 valence electrons. The fourth-order valence-corrected chi connectivity index (χ4v) is 4.63. The summed E-state index contributed by atoms with van der Waals surface area (Å²) in [6.45, 7) is 2.20. The first-order chi connectivity index (χ1) is 17.3. The number of rotatable bonds is 4. The van der Waals surface area contributed by atoms with E-state index in [-0.39, 0.29) is 0 Å². The lowest BCUT2D eigenvalue weighted by atomic mass is 9.94. The van der Waals surface area contributed by atoms with Gasteiger partial charge < -0.3 is 0 Å². The average Bonchev–Trinajstić information content (AvgIpc) is 2.94. The molecule has 2 nitrogen and oxygen atoms in total. The van der Waals surface area contributed by atoms with Crippen LogP contribution in [0.4, 0.5) is 0 Å². The van der Waals surface area contributed by atoms with E-state index in [2.05, 4.69) is 97.9 Å². The SMILES string of the molecule is Cc1c(-c2ccc(-c3cc(-c4ccccc4)nc(-c4ccccc4)n3)cc2)ccc2ccccc12. The van der Waals surface area contributed by atoms with Crippen molar-refractivity contribution in [3.8, 4) is 45.0 Å². The summed E-state index contributed by atoms with van der Waals surface area (Å²) in [5, 5.41) is 2.57. The average molecular weight is 449 g/mol. The van der Waals surface area contributed by atoms with E-state index in [1.165, 1.54) is 27.5 Å². The second-order valence-electron chi connectivity index (χ2n) is 8.73. The van der Waals surface area contributed by atoms with E-state index in [9.17, 15) is 0 Å². The molecule has 1 aromatic heterocycles. The number of hydrogen-bond acceptors (Lipinski definition) is 2. The summed E-state index contributed by atoms with van der Waals surface area (Å²) in [4.78, 5) is 9.84. The van der Waals surface area contributed by atoms with Crippen LogP contribution in [0.5, 0.6) is 0 Å². The molecule has 0 saturated heterocycles. The van der Waals surface area contributed by atoms with Gasteiger partial charge in [0.05, 0.1) is 11.4 Å². The molecule has 1 heterocycles. The normalized spacial score (nSPS) is 11.0. The molecule has 0 bridgehead atoms. The third-order valence-corrected chi connectivity index (χ3v) is 6.52. The highest BCUT2D eigenvalue weighted by atomic mass is 14.9. The maximum absolute atomic E-state index is 4.95. The molecule has 0 N–H and O–H groups in total. The van der Waals surface area contributed by atoms with Gasteiger partial charge in [-0.25, -0.2) is 9.97 Å². The van der Waals surface area contributed by atoms with Crippen LogP contribution in [-0.2, 0) is 0 Å². The van der Waals surface area contributed by atoms with Crippen LogP contribution in [-0.4, -0.2) is 9.97 Å². The Morgan fingerprint density at radius 3 is 1.69 bits per heavy atom. The predicted octanol–water partition coefficient (Wildman–Crippen LogP) is 8.61. The van der Waals surface area contributed by atoms with Gasteiger partial charge in [-0.2, -0.15) is 0 Å². The Hall–Kier alpha value is -4.56. The van der Waals surface area contributed by atoms with Crippen molar-refractivity contribution in [1.82, 2.24) is 9.97 Å². The van der Waals surface area contributed by atoms with Gasteiger partial charge >= 0.3 is 0 Å². The van der Waals surface area contributed by atoms with E-state index in [0.717, 1.165) is 33.9 Å². The molecule has 6 rings (SSSR count). The molecular weight excluding hydrogens is 424 g/mol. The van der Waals surface area contributed by atoms with Crippen molar-refractivity contribution in [2.75, 3.05) is 0 Å². The topological polar surface area (TPSA) is 25.8 Å². The molecule has 0 atom stereocenters. The Kier molecular flexibility index (Phi) is 5.40. The minimum absolute atomic E-state index is 0.733. The van der Waals surface area contributed by atoms with Crippen LogP contribution in [0.1, 0.15) is 5.56 Å². The summed E-state index contributed by atoms with van der Waals surface area (Å²) in [6, 6.07) is 44.2. The fraction of sp³-hybridized carbons (Fsp3) is 0.0303. The minimum atomic E-state index is 0.733. The Balaban J connectivity index is 1.44. The van der Waals surface area contributed by atoms with E-state index in [4.69, 9.17) is 9.97 Å². The van der Waals surface area contributed by atoms with Crippen molar-refractivity contribution in [2.45, 2.75) is 6.92 Å². The predicted molar refractivity (Wildman–Crippen MR) is 146 cm³/mol. The summed E-state index contributed by atoms with van der Waals surface area (Å²) >= 11 is 0. The van der Waals surface area contributed by atoms with Gasteiger partial charge in [0, 0.05) is 16.7 Å². The number of hydrogen-bond donors (Lipinski definition) is 0. The van der Waals surface area contributed by atoms with Crippen molar-refractivity contribution in [1.29, 1.82) is 0 Å². The van der Waals surface area contributed by atoms with Crippen molar-refractivity contribution < 1.29 is 0 Å². The number of aryl methyl sites for hydroxylation is 1. The van der Waals surface area contributed by atoms with Gasteiger partial charge in [0.15, 0.2) is 5.82 Å². The first-order valence-electron chi connectivity index (χ1n) is 11.9. The molecule has 0 aliphatic heterocycles. The smallest absolute Gasteiger partial charge is 0.160 e. The Bertz CT molecular complexity index is 1560. The lowest BCUT2D eigenvalue weighted by molar-refractivity contribution is 1.18. The number of nitrogens with zero attached hydrogens (tertiary/aromatic N) is 2. The second kappa shape index (κ2) is 9.00. The third kappa shape index (κ3) is 4.11. The van der Waals surface area contributed by atoms with E-state index < -0.39 is 0 Å². The lowest BCUT2D eigenvalue weighted by Crippen LogP contribution is -1.95. The van der Waals surface area contributed by atoms with Crippen LogP contribution in [0.15, 0.2) is 127 Å². The first-order valence-corrected chi connectivity index (χ1v) is 11.9. The van der Waals surface area contributed by atoms with Crippen molar-refractivity contribution in [3.63, 3.8) is 0 Å². The molecule has 5 aromatic carbocycles. The van der Waals surface area contributed by atoms with Crippen LogP contribution in [0.3, 0.4) is 0 Å². The van der Waals surface area contributed by atoms with E-state index in [1.807, 2.05) is 36.4 Å². The minimum Gasteiger partial charge on any atom is -0.228 e. The number of fused-ring (bicyclic) bond motifs is 1. The van der Waals surface area contributed by atoms with Crippen LogP contribution >= 0.6 is 0 Å². The van der Waals surface area contributed by atoms with Crippen molar-refractivity contribution in [2.24, 2.45) is 0 Å². The van der Waals surface area contributed by atoms with E-state index in [1.54, 1.807) is 0 Å². The van der Waals surface area contributed by atoms with E-state index >= 15 is 0 Å². The zero-order chi connectivity index (χ0) is 23.6.